The van der Waals surface area contributed by atoms with Crippen molar-refractivity contribution < 1.29 is 14.3 Å². The van der Waals surface area contributed by atoms with Crippen LogP contribution in [-0.4, -0.2) is 35.9 Å². The van der Waals surface area contributed by atoms with Gasteiger partial charge in [-0.15, -0.1) is 0 Å². The number of amides is 2. The quantitative estimate of drug-likeness (QED) is 0.605. The molecule has 1 atom stereocenters. The molecule has 0 fully saturated rings. The van der Waals surface area contributed by atoms with Crippen LogP contribution in [0.4, 0.5) is 0 Å². The largest absolute Gasteiger partial charge is 0.483 e. The van der Waals surface area contributed by atoms with Crippen molar-refractivity contribution in [1.82, 2.24) is 10.2 Å². The fraction of sp³-hybridized carbons (Fsp3) is 0.462. The highest BCUT2D eigenvalue weighted by Gasteiger charge is 2.28. The number of hydrogen-bond acceptors (Lipinski definition) is 3. The Morgan fingerprint density at radius 3 is 2.29 bits per heavy atom. The van der Waals surface area contributed by atoms with Crippen LogP contribution < -0.4 is 10.1 Å². The molecule has 0 heterocycles. The van der Waals surface area contributed by atoms with Crippen molar-refractivity contribution >= 4 is 11.8 Å². The van der Waals surface area contributed by atoms with Gasteiger partial charge in [0, 0.05) is 13.1 Å². The van der Waals surface area contributed by atoms with Crippen LogP contribution in [0.25, 0.3) is 0 Å². The summed E-state index contributed by atoms with van der Waals surface area (Å²) >= 11 is 0. The highest BCUT2D eigenvalue weighted by Crippen LogP contribution is 2.23. The van der Waals surface area contributed by atoms with Crippen LogP contribution in [-0.2, 0) is 16.1 Å². The summed E-state index contributed by atoms with van der Waals surface area (Å²) < 4.78 is 5.93. The minimum absolute atomic E-state index is 0.104. The summed E-state index contributed by atoms with van der Waals surface area (Å²) in [6.45, 7) is 12.9. The lowest BCUT2D eigenvalue weighted by Gasteiger charge is -2.30. The van der Waals surface area contributed by atoms with E-state index >= 15 is 0 Å². The van der Waals surface area contributed by atoms with E-state index in [1.807, 2.05) is 71.9 Å². The maximum Gasteiger partial charge on any atom is 0.261 e. The number of carbonyl (C=O) groups is 2. The lowest BCUT2D eigenvalue weighted by atomic mass is 10.1. The van der Waals surface area contributed by atoms with Crippen molar-refractivity contribution in [3.8, 4) is 5.75 Å². The van der Waals surface area contributed by atoms with Crippen LogP contribution in [0.2, 0.25) is 0 Å². The minimum Gasteiger partial charge on any atom is -0.483 e. The molecule has 1 N–H and O–H groups in total. The van der Waals surface area contributed by atoms with E-state index in [9.17, 15) is 9.59 Å². The van der Waals surface area contributed by atoms with Crippen molar-refractivity contribution in [2.24, 2.45) is 0 Å². The number of benzene rings is 2. The highest BCUT2D eigenvalue weighted by atomic mass is 16.5. The highest BCUT2D eigenvalue weighted by molar-refractivity contribution is 5.88. The zero-order valence-corrected chi connectivity index (χ0v) is 19.7. The molecule has 0 aliphatic heterocycles. The summed E-state index contributed by atoms with van der Waals surface area (Å²) in [7, 11) is 0. The van der Waals surface area contributed by atoms with E-state index in [1.165, 1.54) is 0 Å². The topological polar surface area (TPSA) is 58.6 Å². The molecular weight excluding hydrogens is 388 g/mol. The van der Waals surface area contributed by atoms with Crippen molar-refractivity contribution in [1.29, 1.82) is 0 Å². The molecule has 2 aromatic carbocycles. The molecule has 31 heavy (non-hydrogen) atoms. The van der Waals surface area contributed by atoms with E-state index in [2.05, 4.69) is 11.4 Å². The number of aryl methyl sites for hydroxylation is 3. The summed E-state index contributed by atoms with van der Waals surface area (Å²) in [5.74, 6) is 0.398. The Morgan fingerprint density at radius 2 is 1.68 bits per heavy atom. The van der Waals surface area contributed by atoms with E-state index < -0.39 is 6.04 Å². The first kappa shape index (κ1) is 24.4. The molecule has 2 rings (SSSR count). The van der Waals surface area contributed by atoms with Gasteiger partial charge in [-0.3, -0.25) is 9.59 Å². The molecular formula is C26H36N2O3. The van der Waals surface area contributed by atoms with E-state index in [0.29, 0.717) is 25.3 Å². The maximum atomic E-state index is 13.3. The van der Waals surface area contributed by atoms with Gasteiger partial charge in [0.2, 0.25) is 5.91 Å². The van der Waals surface area contributed by atoms with Gasteiger partial charge in [0.05, 0.1) is 0 Å². The summed E-state index contributed by atoms with van der Waals surface area (Å²) in [4.78, 5) is 27.7. The van der Waals surface area contributed by atoms with Gasteiger partial charge in [-0.25, -0.2) is 0 Å². The molecule has 2 aromatic rings. The molecule has 0 aliphatic rings. The van der Waals surface area contributed by atoms with Crippen LogP contribution in [0, 0.1) is 27.7 Å². The Balaban J connectivity index is 2.24. The second-order valence-corrected chi connectivity index (χ2v) is 8.22. The van der Waals surface area contributed by atoms with E-state index in [4.69, 9.17) is 4.74 Å². The van der Waals surface area contributed by atoms with Gasteiger partial charge in [-0.1, -0.05) is 49.7 Å². The monoisotopic (exact) mass is 424 g/mol. The predicted octanol–water partition coefficient (Wildman–Crippen LogP) is 4.63. The second kappa shape index (κ2) is 11.5. The first-order valence-corrected chi connectivity index (χ1v) is 11.1. The van der Waals surface area contributed by atoms with Crippen LogP contribution >= 0.6 is 0 Å². The molecule has 0 saturated carbocycles. The average Bonchev–Trinajstić information content (AvgIpc) is 2.74. The summed E-state index contributed by atoms with van der Waals surface area (Å²) in [5, 5.41) is 2.94. The Labute approximate surface area is 186 Å². The zero-order valence-electron chi connectivity index (χ0n) is 19.7. The Hall–Kier alpha value is -2.82. The van der Waals surface area contributed by atoms with Crippen LogP contribution in [0.3, 0.4) is 0 Å². The van der Waals surface area contributed by atoms with E-state index in [-0.39, 0.29) is 18.4 Å². The normalized spacial score (nSPS) is 11.7. The smallest absolute Gasteiger partial charge is 0.261 e. The molecule has 0 spiro atoms. The van der Waals surface area contributed by atoms with Crippen molar-refractivity contribution in [2.45, 2.75) is 67.0 Å². The molecule has 5 heteroatoms. The maximum absolute atomic E-state index is 13.3. The van der Waals surface area contributed by atoms with Gasteiger partial charge >= 0.3 is 0 Å². The molecule has 168 valence electrons. The SMILES string of the molecule is CCCNC(=O)C(CC)N(Cc1ccc(C)cc1)C(=O)COc1cc(C)cc(C)c1C. The number of rotatable bonds is 10. The van der Waals surface area contributed by atoms with Crippen LogP contribution in [0.5, 0.6) is 5.75 Å². The third kappa shape index (κ3) is 6.84. The van der Waals surface area contributed by atoms with Gasteiger partial charge in [0.15, 0.2) is 6.61 Å². The van der Waals surface area contributed by atoms with Crippen LogP contribution in [0.1, 0.15) is 54.5 Å². The standard InChI is InChI=1S/C26H36N2O3/c1-7-13-27-26(30)23(8-2)28(16-22-11-9-18(3)10-12-22)25(29)17-31-24-15-19(4)14-20(5)21(24)6/h9-12,14-15,23H,7-8,13,16-17H2,1-6H3,(H,27,30). The number of ether oxygens (including phenoxy) is 1. The van der Waals surface area contributed by atoms with Crippen molar-refractivity contribution in [3.05, 3.63) is 64.2 Å². The number of carbonyl (C=O) groups excluding carboxylic acids is 2. The van der Waals surface area contributed by atoms with Crippen LogP contribution in [0.15, 0.2) is 36.4 Å². The Morgan fingerprint density at radius 1 is 1.00 bits per heavy atom. The zero-order chi connectivity index (χ0) is 23.0. The third-order valence-corrected chi connectivity index (χ3v) is 5.52. The first-order chi connectivity index (χ1) is 14.8. The van der Waals surface area contributed by atoms with Gasteiger partial charge in [0.25, 0.3) is 5.91 Å². The van der Waals surface area contributed by atoms with Crippen molar-refractivity contribution in [2.75, 3.05) is 13.2 Å². The van der Waals surface area contributed by atoms with Crippen molar-refractivity contribution in [3.63, 3.8) is 0 Å². The summed E-state index contributed by atoms with van der Waals surface area (Å²) in [6.07, 6.45) is 1.39. The molecule has 0 saturated heterocycles. The Kier molecular flexibility index (Phi) is 9.10. The van der Waals surface area contributed by atoms with Gasteiger partial charge in [-0.2, -0.15) is 0 Å². The third-order valence-electron chi connectivity index (χ3n) is 5.52. The minimum atomic E-state index is -0.538. The molecule has 2 amide bonds. The molecule has 5 nitrogen and oxygen atoms in total. The van der Waals surface area contributed by atoms with Gasteiger partial charge in [-0.05, 0) is 68.9 Å². The number of nitrogens with zero attached hydrogens (tertiary/aromatic N) is 1. The molecule has 0 aliphatic carbocycles. The fourth-order valence-corrected chi connectivity index (χ4v) is 3.55. The number of hydrogen-bond donors (Lipinski definition) is 1. The lowest BCUT2D eigenvalue weighted by molar-refractivity contribution is -0.143. The molecule has 0 aromatic heterocycles. The second-order valence-electron chi connectivity index (χ2n) is 8.22. The predicted molar refractivity (Wildman–Crippen MR) is 125 cm³/mol. The molecule has 1 unspecified atom stereocenters. The molecule has 0 radical (unpaired) electrons. The Bertz CT molecular complexity index is 890. The fourth-order valence-electron chi connectivity index (χ4n) is 3.55. The van der Waals surface area contributed by atoms with Gasteiger partial charge < -0.3 is 15.0 Å². The average molecular weight is 425 g/mol. The first-order valence-electron chi connectivity index (χ1n) is 11.1. The van der Waals surface area contributed by atoms with E-state index in [0.717, 1.165) is 34.2 Å². The van der Waals surface area contributed by atoms with E-state index in [1.54, 1.807) is 4.90 Å². The van der Waals surface area contributed by atoms with Gasteiger partial charge in [0.1, 0.15) is 11.8 Å². The summed E-state index contributed by atoms with van der Waals surface area (Å²) in [5.41, 5.74) is 5.39. The summed E-state index contributed by atoms with van der Waals surface area (Å²) in [6, 6.07) is 11.5. The molecule has 0 bridgehead atoms. The number of nitrogens with one attached hydrogen (secondary N) is 1. The lowest BCUT2D eigenvalue weighted by Crippen LogP contribution is -2.50.